The van der Waals surface area contributed by atoms with Crippen LogP contribution in [-0.4, -0.2) is 58.3 Å². The number of morpholine rings is 1. The number of amides is 1. The van der Waals surface area contributed by atoms with Gasteiger partial charge in [0.2, 0.25) is 11.9 Å². The van der Waals surface area contributed by atoms with E-state index in [1.54, 1.807) is 0 Å². The standard InChI is InChI=1S/C19H25N5O2S/c1-14(17(25)20-16-7-8-16)27-19-22-21-18(23-9-11-26-12-10-23)24(19)13-15-5-3-2-4-6-15/h2-6,14,16H,7-13H2,1H3,(H,20,25). The van der Waals surface area contributed by atoms with E-state index < -0.39 is 0 Å². The highest BCUT2D eigenvalue weighted by Gasteiger charge is 2.28. The van der Waals surface area contributed by atoms with Gasteiger partial charge < -0.3 is 15.0 Å². The molecular weight excluding hydrogens is 362 g/mol. The number of benzene rings is 1. The van der Waals surface area contributed by atoms with Crippen LogP contribution in [-0.2, 0) is 16.1 Å². The molecule has 2 heterocycles. The summed E-state index contributed by atoms with van der Waals surface area (Å²) in [6, 6.07) is 10.6. The van der Waals surface area contributed by atoms with Crippen molar-refractivity contribution in [3.05, 3.63) is 35.9 Å². The maximum atomic E-state index is 12.4. The Morgan fingerprint density at radius 2 is 2.00 bits per heavy atom. The number of rotatable bonds is 7. The molecule has 2 fully saturated rings. The summed E-state index contributed by atoms with van der Waals surface area (Å²) in [4.78, 5) is 14.6. The molecule has 1 aromatic carbocycles. The van der Waals surface area contributed by atoms with Crippen LogP contribution in [0.4, 0.5) is 5.95 Å². The van der Waals surface area contributed by atoms with Crippen molar-refractivity contribution in [3.8, 4) is 0 Å². The molecule has 2 aliphatic rings. The third-order valence-electron chi connectivity index (χ3n) is 4.75. The summed E-state index contributed by atoms with van der Waals surface area (Å²) < 4.78 is 7.59. The maximum Gasteiger partial charge on any atom is 0.233 e. The van der Waals surface area contributed by atoms with Crippen LogP contribution in [0.1, 0.15) is 25.3 Å². The minimum Gasteiger partial charge on any atom is -0.378 e. The predicted octanol–water partition coefficient (Wildman–Crippen LogP) is 1.92. The number of carbonyl (C=O) groups excluding carboxylic acids is 1. The Hall–Kier alpha value is -2.06. The van der Waals surface area contributed by atoms with Crippen LogP contribution in [0, 0.1) is 0 Å². The molecule has 1 saturated heterocycles. The number of hydrogen-bond acceptors (Lipinski definition) is 6. The fourth-order valence-corrected chi connectivity index (χ4v) is 3.88. The van der Waals surface area contributed by atoms with Crippen LogP contribution < -0.4 is 10.2 Å². The van der Waals surface area contributed by atoms with Gasteiger partial charge in [0.1, 0.15) is 0 Å². The Bertz CT molecular complexity index is 772. The van der Waals surface area contributed by atoms with Gasteiger partial charge in [-0.25, -0.2) is 0 Å². The molecule has 1 atom stereocenters. The molecule has 0 bridgehead atoms. The van der Waals surface area contributed by atoms with Gasteiger partial charge in [-0.05, 0) is 25.3 Å². The maximum absolute atomic E-state index is 12.4. The Balaban J connectivity index is 1.55. The number of carbonyl (C=O) groups is 1. The van der Waals surface area contributed by atoms with E-state index in [-0.39, 0.29) is 11.2 Å². The molecular formula is C19H25N5O2S. The summed E-state index contributed by atoms with van der Waals surface area (Å²) in [7, 11) is 0. The molecule has 8 heteroatoms. The van der Waals surface area contributed by atoms with Crippen LogP contribution >= 0.6 is 11.8 Å². The fraction of sp³-hybridized carbons (Fsp3) is 0.526. The van der Waals surface area contributed by atoms with Gasteiger partial charge in [-0.15, -0.1) is 10.2 Å². The molecule has 144 valence electrons. The topological polar surface area (TPSA) is 72.3 Å². The van der Waals surface area contributed by atoms with E-state index >= 15 is 0 Å². The first-order valence-corrected chi connectivity index (χ1v) is 10.4. The van der Waals surface area contributed by atoms with E-state index in [1.807, 2.05) is 25.1 Å². The first kappa shape index (κ1) is 18.3. The zero-order valence-corrected chi connectivity index (χ0v) is 16.3. The first-order chi connectivity index (χ1) is 13.2. The van der Waals surface area contributed by atoms with Crippen molar-refractivity contribution in [2.75, 3.05) is 31.2 Å². The molecule has 1 unspecified atom stereocenters. The number of nitrogens with one attached hydrogen (secondary N) is 1. The van der Waals surface area contributed by atoms with Crippen molar-refractivity contribution in [2.24, 2.45) is 0 Å². The average Bonchev–Trinajstić information content (AvgIpc) is 3.44. The minimum atomic E-state index is -0.207. The Morgan fingerprint density at radius 3 is 2.70 bits per heavy atom. The van der Waals surface area contributed by atoms with Gasteiger partial charge >= 0.3 is 0 Å². The number of ether oxygens (including phenoxy) is 1. The number of hydrogen-bond donors (Lipinski definition) is 1. The van der Waals surface area contributed by atoms with Crippen LogP contribution in [0.25, 0.3) is 0 Å². The molecule has 1 saturated carbocycles. The minimum absolute atomic E-state index is 0.0738. The molecule has 27 heavy (non-hydrogen) atoms. The first-order valence-electron chi connectivity index (χ1n) is 9.47. The summed E-state index contributed by atoms with van der Waals surface area (Å²) in [6.07, 6.45) is 2.18. The van der Waals surface area contributed by atoms with Crippen molar-refractivity contribution in [1.29, 1.82) is 0 Å². The lowest BCUT2D eigenvalue weighted by Gasteiger charge is -2.28. The van der Waals surface area contributed by atoms with Gasteiger partial charge in [0.25, 0.3) is 0 Å². The monoisotopic (exact) mass is 387 g/mol. The van der Waals surface area contributed by atoms with E-state index in [0.29, 0.717) is 25.8 Å². The summed E-state index contributed by atoms with van der Waals surface area (Å²) in [5.74, 6) is 0.920. The molecule has 4 rings (SSSR count). The highest BCUT2D eigenvalue weighted by molar-refractivity contribution is 8.00. The summed E-state index contributed by atoms with van der Waals surface area (Å²) in [5, 5.41) is 12.5. The molecule has 7 nitrogen and oxygen atoms in total. The van der Waals surface area contributed by atoms with E-state index in [9.17, 15) is 4.79 Å². The molecule has 1 aromatic heterocycles. The second-order valence-electron chi connectivity index (χ2n) is 7.00. The van der Waals surface area contributed by atoms with Gasteiger partial charge in [0, 0.05) is 19.1 Å². The highest BCUT2D eigenvalue weighted by atomic mass is 32.2. The molecule has 0 radical (unpaired) electrons. The number of anilines is 1. The third-order valence-corrected chi connectivity index (χ3v) is 5.83. The van der Waals surface area contributed by atoms with E-state index in [4.69, 9.17) is 4.74 Å². The smallest absolute Gasteiger partial charge is 0.233 e. The van der Waals surface area contributed by atoms with Crippen molar-refractivity contribution in [3.63, 3.8) is 0 Å². The second kappa shape index (κ2) is 8.31. The Kier molecular flexibility index (Phi) is 5.63. The van der Waals surface area contributed by atoms with E-state index in [2.05, 4.69) is 37.1 Å². The van der Waals surface area contributed by atoms with Crippen LogP contribution in [0.15, 0.2) is 35.5 Å². The number of nitrogens with zero attached hydrogens (tertiary/aromatic N) is 4. The van der Waals surface area contributed by atoms with Crippen molar-refractivity contribution in [1.82, 2.24) is 20.1 Å². The summed E-state index contributed by atoms with van der Waals surface area (Å²) >= 11 is 1.47. The van der Waals surface area contributed by atoms with Crippen molar-refractivity contribution >= 4 is 23.6 Å². The van der Waals surface area contributed by atoms with Crippen LogP contribution in [0.3, 0.4) is 0 Å². The van der Waals surface area contributed by atoms with Gasteiger partial charge in [0.05, 0.1) is 25.0 Å². The van der Waals surface area contributed by atoms with Gasteiger partial charge in [-0.3, -0.25) is 9.36 Å². The summed E-state index contributed by atoms with van der Waals surface area (Å²) in [6.45, 7) is 5.60. The van der Waals surface area contributed by atoms with Crippen molar-refractivity contribution < 1.29 is 9.53 Å². The number of aromatic nitrogens is 3. The largest absolute Gasteiger partial charge is 0.378 e. The second-order valence-corrected chi connectivity index (χ2v) is 8.30. The molecule has 1 aliphatic carbocycles. The molecule has 1 aliphatic heterocycles. The lowest BCUT2D eigenvalue weighted by Crippen LogP contribution is -2.38. The normalized spacial score (nSPS) is 18.3. The van der Waals surface area contributed by atoms with E-state index in [0.717, 1.165) is 37.0 Å². The van der Waals surface area contributed by atoms with Gasteiger partial charge in [-0.2, -0.15) is 0 Å². The summed E-state index contributed by atoms with van der Waals surface area (Å²) in [5.41, 5.74) is 1.18. The molecule has 1 amide bonds. The van der Waals surface area contributed by atoms with E-state index in [1.165, 1.54) is 17.3 Å². The van der Waals surface area contributed by atoms with Gasteiger partial charge in [0.15, 0.2) is 5.16 Å². The molecule has 0 spiro atoms. The lowest BCUT2D eigenvalue weighted by atomic mass is 10.2. The molecule has 1 N–H and O–H groups in total. The fourth-order valence-electron chi connectivity index (χ4n) is 3.03. The van der Waals surface area contributed by atoms with Gasteiger partial charge in [-0.1, -0.05) is 42.1 Å². The number of thioether (sulfide) groups is 1. The highest BCUT2D eigenvalue weighted by Crippen LogP contribution is 2.28. The average molecular weight is 388 g/mol. The Labute approximate surface area is 163 Å². The lowest BCUT2D eigenvalue weighted by molar-refractivity contribution is -0.120. The van der Waals surface area contributed by atoms with Crippen LogP contribution in [0.5, 0.6) is 0 Å². The van der Waals surface area contributed by atoms with Crippen molar-refractivity contribution in [2.45, 2.75) is 42.8 Å². The zero-order chi connectivity index (χ0) is 18.6. The third kappa shape index (κ3) is 4.62. The van der Waals surface area contributed by atoms with Crippen LogP contribution in [0.2, 0.25) is 0 Å². The Morgan fingerprint density at radius 1 is 1.26 bits per heavy atom. The quantitative estimate of drug-likeness (QED) is 0.732. The SMILES string of the molecule is CC(Sc1nnc(N2CCOCC2)n1Cc1ccccc1)C(=O)NC1CC1. The predicted molar refractivity (Wildman–Crippen MR) is 105 cm³/mol. The zero-order valence-electron chi connectivity index (χ0n) is 15.5. The molecule has 2 aromatic rings.